The van der Waals surface area contributed by atoms with E-state index in [0.717, 1.165) is 35.3 Å². The van der Waals surface area contributed by atoms with E-state index >= 15 is 0 Å². The normalized spacial score (nSPS) is 13.7. The third kappa shape index (κ3) is 3.60. The number of rotatable bonds is 4. The second kappa shape index (κ2) is 8.06. The molecular formula is C22H26ClNO. The average Bonchev–Trinajstić information content (AvgIpc) is 2.85. The first-order valence-corrected chi connectivity index (χ1v) is 8.69. The van der Waals surface area contributed by atoms with Gasteiger partial charge in [0.15, 0.2) is 0 Å². The van der Waals surface area contributed by atoms with Crippen molar-refractivity contribution in [1.82, 2.24) is 4.90 Å². The van der Waals surface area contributed by atoms with Gasteiger partial charge in [0, 0.05) is 12.5 Å². The van der Waals surface area contributed by atoms with E-state index in [-0.39, 0.29) is 12.4 Å². The minimum atomic E-state index is -1.00. The maximum atomic E-state index is 11.4. The van der Waals surface area contributed by atoms with Gasteiger partial charge in [-0.1, -0.05) is 67.3 Å². The predicted molar refractivity (Wildman–Crippen MR) is 107 cm³/mol. The van der Waals surface area contributed by atoms with Crippen LogP contribution in [0.1, 0.15) is 38.3 Å². The SMILES string of the molecule is CCN(CC#CCC1(O)c2ccccc2-c2ccccc21)C(C)C.Cl. The number of halogens is 1. The molecule has 3 rings (SSSR count). The van der Waals surface area contributed by atoms with E-state index in [1.54, 1.807) is 0 Å². The highest BCUT2D eigenvalue weighted by atomic mass is 35.5. The molecule has 0 aliphatic heterocycles. The van der Waals surface area contributed by atoms with Crippen molar-refractivity contribution in [1.29, 1.82) is 0 Å². The standard InChI is InChI=1S/C22H25NO.ClH/c1-4-23(17(2)3)16-10-9-15-22(24)20-13-7-5-11-18(20)19-12-6-8-14-21(19)22;/h5-8,11-14,17,24H,4,15-16H2,1-3H3;1H. The Labute approximate surface area is 157 Å². The van der Waals surface area contributed by atoms with Crippen molar-refractivity contribution >= 4 is 12.4 Å². The maximum Gasteiger partial charge on any atom is 0.127 e. The van der Waals surface area contributed by atoms with Crippen molar-refractivity contribution in [3.8, 4) is 23.0 Å². The number of nitrogens with zero attached hydrogens (tertiary/aromatic N) is 1. The zero-order chi connectivity index (χ0) is 17.2. The third-order valence-corrected chi connectivity index (χ3v) is 4.92. The van der Waals surface area contributed by atoms with Crippen LogP contribution in [0.2, 0.25) is 0 Å². The summed E-state index contributed by atoms with van der Waals surface area (Å²) in [6, 6.07) is 16.7. The van der Waals surface area contributed by atoms with Gasteiger partial charge in [-0.15, -0.1) is 12.4 Å². The molecule has 0 amide bonds. The van der Waals surface area contributed by atoms with Gasteiger partial charge in [0.25, 0.3) is 0 Å². The van der Waals surface area contributed by atoms with E-state index in [4.69, 9.17) is 0 Å². The molecule has 2 aromatic rings. The molecule has 1 aliphatic carbocycles. The minimum absolute atomic E-state index is 0. The van der Waals surface area contributed by atoms with E-state index in [1.807, 2.05) is 36.4 Å². The van der Waals surface area contributed by atoms with Crippen LogP contribution in [-0.4, -0.2) is 29.1 Å². The molecule has 0 bridgehead atoms. The van der Waals surface area contributed by atoms with Crippen molar-refractivity contribution < 1.29 is 5.11 Å². The summed E-state index contributed by atoms with van der Waals surface area (Å²) >= 11 is 0. The molecule has 1 N–H and O–H groups in total. The van der Waals surface area contributed by atoms with E-state index in [1.165, 1.54) is 0 Å². The molecule has 132 valence electrons. The second-order valence-electron chi connectivity index (χ2n) is 6.64. The van der Waals surface area contributed by atoms with Gasteiger partial charge in [-0.05, 0) is 42.6 Å². The van der Waals surface area contributed by atoms with Crippen molar-refractivity contribution in [2.75, 3.05) is 13.1 Å². The molecule has 2 nitrogen and oxygen atoms in total. The molecule has 0 saturated heterocycles. The highest BCUT2D eigenvalue weighted by Gasteiger charge is 2.40. The molecule has 0 spiro atoms. The molecular weight excluding hydrogens is 330 g/mol. The first kappa shape index (κ1) is 19.5. The third-order valence-electron chi connectivity index (χ3n) is 4.92. The Kier molecular flexibility index (Phi) is 6.30. The molecule has 2 aromatic carbocycles. The van der Waals surface area contributed by atoms with Crippen LogP contribution in [0.3, 0.4) is 0 Å². The number of hydrogen-bond acceptors (Lipinski definition) is 2. The first-order valence-electron chi connectivity index (χ1n) is 8.69. The second-order valence-corrected chi connectivity index (χ2v) is 6.64. The van der Waals surface area contributed by atoms with E-state index in [0.29, 0.717) is 12.5 Å². The van der Waals surface area contributed by atoms with E-state index in [2.05, 4.69) is 49.6 Å². The molecule has 0 atom stereocenters. The molecule has 0 radical (unpaired) electrons. The van der Waals surface area contributed by atoms with Crippen LogP contribution < -0.4 is 0 Å². The van der Waals surface area contributed by atoms with Gasteiger partial charge in [0.2, 0.25) is 0 Å². The van der Waals surface area contributed by atoms with Gasteiger partial charge in [-0.25, -0.2) is 0 Å². The van der Waals surface area contributed by atoms with Crippen LogP contribution >= 0.6 is 12.4 Å². The topological polar surface area (TPSA) is 23.5 Å². The summed E-state index contributed by atoms with van der Waals surface area (Å²) in [7, 11) is 0. The zero-order valence-corrected chi connectivity index (χ0v) is 15.9. The van der Waals surface area contributed by atoms with Crippen molar-refractivity contribution in [2.45, 2.75) is 38.8 Å². The monoisotopic (exact) mass is 355 g/mol. The summed E-state index contributed by atoms with van der Waals surface area (Å²) in [6.07, 6.45) is 0.427. The van der Waals surface area contributed by atoms with Gasteiger partial charge in [0.1, 0.15) is 5.60 Å². The van der Waals surface area contributed by atoms with Crippen molar-refractivity contribution in [3.05, 3.63) is 59.7 Å². The van der Waals surface area contributed by atoms with Crippen LogP contribution in [0.15, 0.2) is 48.5 Å². The zero-order valence-electron chi connectivity index (χ0n) is 15.1. The fraction of sp³-hybridized carbons (Fsp3) is 0.364. The highest BCUT2D eigenvalue weighted by Crippen LogP contribution is 2.48. The lowest BCUT2D eigenvalue weighted by Gasteiger charge is -2.24. The average molecular weight is 356 g/mol. The van der Waals surface area contributed by atoms with Crippen LogP contribution in [0.25, 0.3) is 11.1 Å². The van der Waals surface area contributed by atoms with Gasteiger partial charge in [-0.2, -0.15) is 0 Å². The van der Waals surface area contributed by atoms with Crippen LogP contribution in [-0.2, 0) is 5.60 Å². The smallest absolute Gasteiger partial charge is 0.127 e. The predicted octanol–water partition coefficient (Wildman–Crippen LogP) is 4.45. The molecule has 1 aliphatic rings. The largest absolute Gasteiger partial charge is 0.379 e. The Morgan fingerprint density at radius 3 is 1.96 bits per heavy atom. The Hall–Kier alpha value is -1.79. The Balaban J connectivity index is 0.00000225. The van der Waals surface area contributed by atoms with Crippen molar-refractivity contribution in [2.24, 2.45) is 0 Å². The first-order chi connectivity index (χ1) is 11.6. The summed E-state index contributed by atoms with van der Waals surface area (Å²) in [6.45, 7) is 8.25. The van der Waals surface area contributed by atoms with Crippen LogP contribution in [0.5, 0.6) is 0 Å². The summed E-state index contributed by atoms with van der Waals surface area (Å²) < 4.78 is 0. The summed E-state index contributed by atoms with van der Waals surface area (Å²) in [4.78, 5) is 2.31. The number of aliphatic hydroxyl groups is 1. The fourth-order valence-electron chi connectivity index (χ4n) is 3.50. The van der Waals surface area contributed by atoms with E-state index < -0.39 is 5.60 Å². The summed E-state index contributed by atoms with van der Waals surface area (Å²) in [5.74, 6) is 6.48. The lowest BCUT2D eigenvalue weighted by atomic mass is 9.88. The molecule has 0 unspecified atom stereocenters. The molecule has 3 heteroatoms. The Bertz CT molecular complexity index is 742. The van der Waals surface area contributed by atoms with Gasteiger partial charge >= 0.3 is 0 Å². The number of fused-ring (bicyclic) bond motifs is 3. The summed E-state index contributed by atoms with van der Waals surface area (Å²) in [5, 5.41) is 11.4. The summed E-state index contributed by atoms with van der Waals surface area (Å²) in [5.41, 5.74) is 3.17. The molecule has 25 heavy (non-hydrogen) atoms. The lowest BCUT2D eigenvalue weighted by molar-refractivity contribution is 0.0914. The van der Waals surface area contributed by atoms with Crippen LogP contribution in [0, 0.1) is 11.8 Å². The highest BCUT2D eigenvalue weighted by molar-refractivity contribution is 5.85. The Morgan fingerprint density at radius 1 is 0.960 bits per heavy atom. The van der Waals surface area contributed by atoms with E-state index in [9.17, 15) is 5.11 Å². The lowest BCUT2D eigenvalue weighted by Crippen LogP contribution is -2.31. The van der Waals surface area contributed by atoms with Gasteiger partial charge < -0.3 is 5.11 Å². The maximum absolute atomic E-state index is 11.4. The van der Waals surface area contributed by atoms with Gasteiger partial charge in [-0.3, -0.25) is 4.90 Å². The molecule has 0 heterocycles. The molecule has 0 saturated carbocycles. The fourth-order valence-corrected chi connectivity index (χ4v) is 3.50. The Morgan fingerprint density at radius 2 is 1.48 bits per heavy atom. The number of benzene rings is 2. The number of hydrogen-bond donors (Lipinski definition) is 1. The quantitative estimate of drug-likeness (QED) is 0.819. The van der Waals surface area contributed by atoms with Crippen molar-refractivity contribution in [3.63, 3.8) is 0 Å². The minimum Gasteiger partial charge on any atom is -0.379 e. The molecule has 0 aromatic heterocycles. The molecule has 0 fully saturated rings. The van der Waals surface area contributed by atoms with Gasteiger partial charge in [0.05, 0.1) is 6.54 Å². The van der Waals surface area contributed by atoms with Crippen LogP contribution in [0.4, 0.5) is 0 Å².